The van der Waals surface area contributed by atoms with E-state index in [2.05, 4.69) is 17.1 Å². The van der Waals surface area contributed by atoms with Crippen LogP contribution in [-0.2, 0) is 14.2 Å². The van der Waals surface area contributed by atoms with Gasteiger partial charge in [-0.15, -0.1) is 0 Å². The maximum atomic E-state index is 5.86. The molecular formula is C22H28N4O4. The number of rotatable bonds is 7. The molecule has 2 unspecified atom stereocenters. The molecule has 160 valence electrons. The summed E-state index contributed by atoms with van der Waals surface area (Å²) in [6.45, 7) is 8.02. The lowest BCUT2D eigenvalue weighted by Gasteiger charge is -2.30. The standard InChI is InChI=1S/C22H28N4O4/c1-15-20(23-17-5-8-28-12-17)24-21(25-22(15)26-6-9-27-10-7-26)16-3-2-4-18(11-16)29-13-19-14-30-19/h2-4,11,17,19H,5-10,12-14H2,1H3,(H,23,24,25). The van der Waals surface area contributed by atoms with Crippen molar-refractivity contribution in [2.24, 2.45) is 0 Å². The average Bonchev–Trinajstić information content (AvgIpc) is 3.48. The lowest BCUT2D eigenvalue weighted by molar-refractivity contribution is 0.122. The first-order valence-electron chi connectivity index (χ1n) is 10.7. The number of hydrogen-bond acceptors (Lipinski definition) is 8. The Labute approximate surface area is 176 Å². The van der Waals surface area contributed by atoms with Gasteiger partial charge >= 0.3 is 0 Å². The largest absolute Gasteiger partial charge is 0.491 e. The Morgan fingerprint density at radius 2 is 2.00 bits per heavy atom. The quantitative estimate of drug-likeness (QED) is 0.694. The number of nitrogens with zero attached hydrogens (tertiary/aromatic N) is 3. The second-order valence-electron chi connectivity index (χ2n) is 7.94. The molecule has 0 bridgehead atoms. The van der Waals surface area contributed by atoms with Gasteiger partial charge in [-0.1, -0.05) is 12.1 Å². The highest BCUT2D eigenvalue weighted by Crippen LogP contribution is 2.30. The average molecular weight is 412 g/mol. The zero-order valence-electron chi connectivity index (χ0n) is 17.3. The summed E-state index contributed by atoms with van der Waals surface area (Å²) >= 11 is 0. The molecule has 8 heteroatoms. The van der Waals surface area contributed by atoms with Gasteiger partial charge in [-0.25, -0.2) is 9.97 Å². The minimum atomic E-state index is 0.224. The number of nitrogens with one attached hydrogen (secondary N) is 1. The second-order valence-corrected chi connectivity index (χ2v) is 7.94. The molecule has 0 amide bonds. The number of hydrogen-bond donors (Lipinski definition) is 1. The predicted molar refractivity (Wildman–Crippen MR) is 113 cm³/mol. The lowest BCUT2D eigenvalue weighted by Crippen LogP contribution is -2.37. The first kappa shape index (κ1) is 19.5. The fourth-order valence-electron chi connectivity index (χ4n) is 3.78. The van der Waals surface area contributed by atoms with Crippen molar-refractivity contribution in [1.82, 2.24) is 9.97 Å². The van der Waals surface area contributed by atoms with Gasteiger partial charge in [0.2, 0.25) is 0 Å². The van der Waals surface area contributed by atoms with Crippen LogP contribution in [0.3, 0.4) is 0 Å². The summed E-state index contributed by atoms with van der Waals surface area (Å²) in [6, 6.07) is 8.23. The van der Waals surface area contributed by atoms with Gasteiger partial charge in [0.1, 0.15) is 30.1 Å². The normalized spacial score (nSPS) is 23.4. The van der Waals surface area contributed by atoms with E-state index in [4.69, 9.17) is 28.9 Å². The van der Waals surface area contributed by atoms with Crippen molar-refractivity contribution in [2.75, 3.05) is 62.9 Å². The summed E-state index contributed by atoms with van der Waals surface area (Å²) in [5, 5.41) is 3.58. The Hall–Kier alpha value is -2.42. The van der Waals surface area contributed by atoms with Gasteiger partial charge < -0.3 is 29.2 Å². The SMILES string of the molecule is Cc1c(NC2CCOC2)nc(-c2cccc(OCC3CO3)c2)nc1N1CCOCC1. The van der Waals surface area contributed by atoms with Crippen LogP contribution in [0.5, 0.6) is 5.75 Å². The predicted octanol–water partition coefficient (Wildman–Crippen LogP) is 2.27. The summed E-state index contributed by atoms with van der Waals surface area (Å²) in [5.74, 6) is 3.33. The van der Waals surface area contributed by atoms with E-state index in [0.29, 0.717) is 32.3 Å². The summed E-state index contributed by atoms with van der Waals surface area (Å²) in [4.78, 5) is 12.1. The van der Waals surface area contributed by atoms with Crippen LogP contribution in [0.1, 0.15) is 12.0 Å². The van der Waals surface area contributed by atoms with Crippen LogP contribution in [0.25, 0.3) is 11.4 Å². The molecule has 3 fully saturated rings. The Morgan fingerprint density at radius 3 is 2.77 bits per heavy atom. The van der Waals surface area contributed by atoms with Gasteiger partial charge in [-0.3, -0.25) is 0 Å². The lowest BCUT2D eigenvalue weighted by atomic mass is 10.1. The van der Waals surface area contributed by atoms with Crippen LogP contribution < -0.4 is 15.0 Å². The molecule has 2 atom stereocenters. The van der Waals surface area contributed by atoms with E-state index in [0.717, 1.165) is 61.2 Å². The van der Waals surface area contributed by atoms with Gasteiger partial charge in [0.05, 0.1) is 32.5 Å². The van der Waals surface area contributed by atoms with Gasteiger partial charge in [0.15, 0.2) is 5.82 Å². The minimum absolute atomic E-state index is 0.224. The number of benzene rings is 1. The van der Waals surface area contributed by atoms with E-state index in [-0.39, 0.29) is 12.1 Å². The van der Waals surface area contributed by atoms with Gasteiger partial charge in [0.25, 0.3) is 0 Å². The molecule has 0 spiro atoms. The van der Waals surface area contributed by atoms with E-state index in [9.17, 15) is 0 Å². The highest BCUT2D eigenvalue weighted by atomic mass is 16.6. The number of morpholine rings is 1. The third-order valence-corrected chi connectivity index (χ3v) is 5.63. The summed E-state index contributed by atoms with van der Waals surface area (Å²) in [5.41, 5.74) is 2.00. The minimum Gasteiger partial charge on any atom is -0.491 e. The van der Waals surface area contributed by atoms with Gasteiger partial charge in [-0.2, -0.15) is 0 Å². The van der Waals surface area contributed by atoms with Crippen molar-refractivity contribution < 1.29 is 18.9 Å². The molecule has 30 heavy (non-hydrogen) atoms. The Morgan fingerprint density at radius 1 is 1.13 bits per heavy atom. The fourth-order valence-corrected chi connectivity index (χ4v) is 3.78. The summed E-state index contributed by atoms with van der Waals surface area (Å²) < 4.78 is 22.2. The molecule has 0 saturated carbocycles. The highest BCUT2D eigenvalue weighted by molar-refractivity contribution is 5.67. The molecular weight excluding hydrogens is 384 g/mol. The third kappa shape index (κ3) is 4.50. The molecule has 1 N–H and O–H groups in total. The highest BCUT2D eigenvalue weighted by Gasteiger charge is 2.24. The van der Waals surface area contributed by atoms with E-state index in [1.54, 1.807) is 0 Å². The number of anilines is 2. The van der Waals surface area contributed by atoms with Crippen molar-refractivity contribution in [2.45, 2.75) is 25.5 Å². The molecule has 0 radical (unpaired) electrons. The van der Waals surface area contributed by atoms with Crippen molar-refractivity contribution >= 4 is 11.6 Å². The molecule has 3 saturated heterocycles. The van der Waals surface area contributed by atoms with E-state index in [1.165, 1.54) is 0 Å². The topological polar surface area (TPSA) is 81.3 Å². The van der Waals surface area contributed by atoms with E-state index >= 15 is 0 Å². The number of ether oxygens (including phenoxy) is 4. The van der Waals surface area contributed by atoms with Crippen LogP contribution in [0.4, 0.5) is 11.6 Å². The van der Waals surface area contributed by atoms with Crippen LogP contribution in [0, 0.1) is 6.92 Å². The zero-order chi connectivity index (χ0) is 20.3. The first-order valence-corrected chi connectivity index (χ1v) is 10.7. The van der Waals surface area contributed by atoms with Gasteiger partial charge in [-0.05, 0) is 25.5 Å². The fraction of sp³-hybridized carbons (Fsp3) is 0.545. The Kier molecular flexibility index (Phi) is 5.70. The van der Waals surface area contributed by atoms with Crippen molar-refractivity contribution in [3.63, 3.8) is 0 Å². The molecule has 1 aromatic heterocycles. The van der Waals surface area contributed by atoms with Crippen LogP contribution in [0.15, 0.2) is 24.3 Å². The summed E-state index contributed by atoms with van der Waals surface area (Å²) in [7, 11) is 0. The van der Waals surface area contributed by atoms with Crippen molar-refractivity contribution in [1.29, 1.82) is 0 Å². The van der Waals surface area contributed by atoms with E-state index < -0.39 is 0 Å². The van der Waals surface area contributed by atoms with Crippen molar-refractivity contribution in [3.05, 3.63) is 29.8 Å². The molecule has 4 heterocycles. The Bertz CT molecular complexity index is 877. The third-order valence-electron chi connectivity index (χ3n) is 5.63. The molecule has 8 nitrogen and oxygen atoms in total. The maximum Gasteiger partial charge on any atom is 0.164 e. The van der Waals surface area contributed by atoms with Crippen LogP contribution >= 0.6 is 0 Å². The maximum absolute atomic E-state index is 5.86. The monoisotopic (exact) mass is 412 g/mol. The molecule has 0 aliphatic carbocycles. The smallest absolute Gasteiger partial charge is 0.164 e. The number of epoxide rings is 1. The van der Waals surface area contributed by atoms with Crippen LogP contribution in [-0.4, -0.2) is 74.8 Å². The molecule has 5 rings (SSSR count). The number of aromatic nitrogens is 2. The molecule has 3 aliphatic rings. The van der Waals surface area contributed by atoms with Gasteiger partial charge in [0, 0.05) is 30.8 Å². The molecule has 1 aromatic carbocycles. The first-order chi connectivity index (χ1) is 14.8. The second kappa shape index (κ2) is 8.75. The van der Waals surface area contributed by atoms with Crippen molar-refractivity contribution in [3.8, 4) is 17.1 Å². The van der Waals surface area contributed by atoms with Crippen LogP contribution in [0.2, 0.25) is 0 Å². The summed E-state index contributed by atoms with van der Waals surface area (Å²) in [6.07, 6.45) is 1.21. The molecule has 3 aliphatic heterocycles. The van der Waals surface area contributed by atoms with E-state index in [1.807, 2.05) is 24.3 Å². The zero-order valence-corrected chi connectivity index (χ0v) is 17.3. The molecule has 2 aromatic rings. The Balaban J connectivity index is 1.47.